The molecular weight excluding hydrogens is 475 g/mol. The Kier molecular flexibility index (Phi) is 8.31. The van der Waals surface area contributed by atoms with Gasteiger partial charge in [-0.15, -0.1) is 24.0 Å². The van der Waals surface area contributed by atoms with Crippen LogP contribution in [0.3, 0.4) is 0 Å². The molecule has 3 saturated heterocycles. The van der Waals surface area contributed by atoms with Gasteiger partial charge in [-0.3, -0.25) is 20.0 Å². The number of carbonyl (C=O) groups excluding carboxylic acids is 2. The molecule has 0 aliphatic carbocycles. The van der Waals surface area contributed by atoms with E-state index in [1.807, 2.05) is 6.92 Å². The maximum atomic E-state index is 12.1. The van der Waals surface area contributed by atoms with Crippen LogP contribution < -0.4 is 16.0 Å². The van der Waals surface area contributed by atoms with Gasteiger partial charge in [-0.1, -0.05) is 0 Å². The summed E-state index contributed by atoms with van der Waals surface area (Å²) in [6, 6.07) is 0.0269. The molecule has 2 atom stereocenters. The van der Waals surface area contributed by atoms with Crippen molar-refractivity contribution in [2.45, 2.75) is 38.3 Å². The van der Waals surface area contributed by atoms with Crippen molar-refractivity contribution in [3.8, 4) is 0 Å². The van der Waals surface area contributed by atoms with Gasteiger partial charge in [0.05, 0.1) is 13.2 Å². The summed E-state index contributed by atoms with van der Waals surface area (Å²) in [6.45, 7) is 10.1. The van der Waals surface area contributed by atoms with Crippen LogP contribution in [0.25, 0.3) is 0 Å². The first-order valence-corrected chi connectivity index (χ1v) is 9.85. The number of likely N-dealkylation sites (tertiary alicyclic amines) is 1. The zero-order valence-electron chi connectivity index (χ0n) is 17.0. The lowest BCUT2D eigenvalue weighted by atomic mass is 9.79. The van der Waals surface area contributed by atoms with E-state index < -0.39 is 5.54 Å². The van der Waals surface area contributed by atoms with Crippen LogP contribution in [-0.2, 0) is 9.53 Å². The molecule has 0 aromatic carbocycles. The van der Waals surface area contributed by atoms with Crippen molar-refractivity contribution in [1.82, 2.24) is 25.8 Å². The average Bonchev–Trinajstić information content (AvgIpc) is 2.96. The zero-order valence-corrected chi connectivity index (χ0v) is 19.3. The third kappa shape index (κ3) is 5.07. The van der Waals surface area contributed by atoms with Gasteiger partial charge in [0.25, 0.3) is 5.91 Å². The molecule has 0 aromatic heterocycles. The third-order valence-corrected chi connectivity index (χ3v) is 6.12. The lowest BCUT2D eigenvalue weighted by Gasteiger charge is -2.40. The Hall–Kier alpha value is -1.14. The molecule has 3 aliphatic heterocycles. The number of piperidine rings is 1. The van der Waals surface area contributed by atoms with Gasteiger partial charge >= 0.3 is 6.03 Å². The van der Waals surface area contributed by atoms with E-state index >= 15 is 0 Å². The van der Waals surface area contributed by atoms with Gasteiger partial charge in [0.2, 0.25) is 0 Å². The fourth-order valence-corrected chi connectivity index (χ4v) is 4.23. The summed E-state index contributed by atoms with van der Waals surface area (Å²) in [5, 5.41) is 8.66. The van der Waals surface area contributed by atoms with Crippen molar-refractivity contribution in [2.75, 3.05) is 53.0 Å². The number of nitrogens with one attached hydrogen (secondary N) is 3. The second-order valence-corrected chi connectivity index (χ2v) is 7.80. The van der Waals surface area contributed by atoms with Crippen LogP contribution in [0.4, 0.5) is 4.79 Å². The molecule has 0 radical (unpaired) electrons. The molecule has 3 N–H and O–H groups in total. The minimum Gasteiger partial charge on any atom is -0.379 e. The molecule has 3 fully saturated rings. The van der Waals surface area contributed by atoms with Crippen molar-refractivity contribution in [3.63, 3.8) is 0 Å². The summed E-state index contributed by atoms with van der Waals surface area (Å²) in [6.07, 6.45) is 1.67. The van der Waals surface area contributed by atoms with Crippen LogP contribution in [0.15, 0.2) is 4.99 Å². The smallest absolute Gasteiger partial charge is 0.322 e. The molecule has 0 bridgehead atoms. The normalized spacial score (nSPS) is 28.4. The maximum Gasteiger partial charge on any atom is 0.322 e. The maximum absolute atomic E-state index is 12.1. The molecule has 160 valence electrons. The fourth-order valence-electron chi connectivity index (χ4n) is 4.23. The second kappa shape index (κ2) is 10.1. The largest absolute Gasteiger partial charge is 0.379 e. The van der Waals surface area contributed by atoms with Crippen LogP contribution in [-0.4, -0.2) is 92.3 Å². The number of ether oxygens (including phenoxy) is 1. The van der Waals surface area contributed by atoms with Gasteiger partial charge in [0.15, 0.2) is 5.96 Å². The van der Waals surface area contributed by atoms with Gasteiger partial charge < -0.3 is 20.3 Å². The standard InChI is InChI=1S/C18H32N6O3.HI/c1-13(23-8-10-27-11-9-23)12-20-16(19-3)24-6-4-14(5-7-24)18(2)15(25)21-17(26)22-18;/h13-14H,4-12H2,1-3H3,(H,19,20)(H2,21,22,25,26);1H. The number of imide groups is 1. The Balaban J connectivity index is 0.00000280. The molecular formula is C18H33IN6O3. The quantitative estimate of drug-likeness (QED) is 0.218. The van der Waals surface area contributed by atoms with E-state index in [2.05, 4.69) is 37.7 Å². The number of amides is 3. The zero-order chi connectivity index (χ0) is 19.4. The predicted molar refractivity (Wildman–Crippen MR) is 118 cm³/mol. The Morgan fingerprint density at radius 2 is 1.93 bits per heavy atom. The number of nitrogens with zero attached hydrogens (tertiary/aromatic N) is 3. The number of morpholine rings is 1. The Morgan fingerprint density at radius 3 is 2.46 bits per heavy atom. The Bertz CT molecular complexity index is 590. The van der Waals surface area contributed by atoms with E-state index in [0.29, 0.717) is 6.04 Å². The first-order chi connectivity index (χ1) is 12.9. The SMILES string of the molecule is CN=C(NCC(C)N1CCOCC1)N1CCC(C2(C)NC(=O)NC2=O)CC1.I. The van der Waals surface area contributed by atoms with Crippen molar-refractivity contribution in [1.29, 1.82) is 0 Å². The van der Waals surface area contributed by atoms with Crippen LogP contribution in [0, 0.1) is 5.92 Å². The van der Waals surface area contributed by atoms with Crippen molar-refractivity contribution < 1.29 is 14.3 Å². The number of urea groups is 1. The molecule has 3 amide bonds. The summed E-state index contributed by atoms with van der Waals surface area (Å²) in [5.74, 6) is 0.817. The number of hydrogen-bond acceptors (Lipinski definition) is 5. The molecule has 0 saturated carbocycles. The minimum atomic E-state index is -0.801. The first kappa shape index (κ1) is 23.1. The number of carbonyl (C=O) groups is 2. The number of hydrogen-bond donors (Lipinski definition) is 3. The topological polar surface area (TPSA) is 98.3 Å². The summed E-state index contributed by atoms with van der Waals surface area (Å²) < 4.78 is 5.42. The molecule has 3 aliphatic rings. The summed E-state index contributed by atoms with van der Waals surface area (Å²) in [7, 11) is 1.81. The highest BCUT2D eigenvalue weighted by atomic mass is 127. The number of aliphatic imine (C=N–C) groups is 1. The van der Waals surface area contributed by atoms with Gasteiger partial charge in [0.1, 0.15) is 5.54 Å². The van der Waals surface area contributed by atoms with Gasteiger partial charge in [-0.25, -0.2) is 4.79 Å². The highest BCUT2D eigenvalue weighted by Crippen LogP contribution is 2.30. The predicted octanol–water partition coefficient (Wildman–Crippen LogP) is 0.211. The Labute approximate surface area is 184 Å². The van der Waals surface area contributed by atoms with Crippen molar-refractivity contribution in [2.24, 2.45) is 10.9 Å². The van der Waals surface area contributed by atoms with E-state index in [0.717, 1.165) is 64.7 Å². The van der Waals surface area contributed by atoms with E-state index in [9.17, 15) is 9.59 Å². The lowest BCUT2D eigenvalue weighted by Crippen LogP contribution is -2.56. The van der Waals surface area contributed by atoms with Crippen molar-refractivity contribution in [3.05, 3.63) is 0 Å². The van der Waals surface area contributed by atoms with E-state index in [1.54, 1.807) is 7.05 Å². The molecule has 2 unspecified atom stereocenters. The van der Waals surface area contributed by atoms with Crippen LogP contribution in [0.5, 0.6) is 0 Å². The lowest BCUT2D eigenvalue weighted by molar-refractivity contribution is -0.125. The van der Waals surface area contributed by atoms with Gasteiger partial charge in [-0.2, -0.15) is 0 Å². The van der Waals surface area contributed by atoms with E-state index in [4.69, 9.17) is 4.74 Å². The molecule has 9 nitrogen and oxygen atoms in total. The minimum absolute atomic E-state index is 0. The van der Waals surface area contributed by atoms with Crippen LogP contribution >= 0.6 is 24.0 Å². The molecule has 3 heterocycles. The summed E-state index contributed by atoms with van der Waals surface area (Å²) in [5.41, 5.74) is -0.801. The molecule has 0 aromatic rings. The highest BCUT2D eigenvalue weighted by molar-refractivity contribution is 14.0. The summed E-state index contributed by atoms with van der Waals surface area (Å²) >= 11 is 0. The number of rotatable bonds is 4. The second-order valence-electron chi connectivity index (χ2n) is 7.80. The average molecular weight is 508 g/mol. The first-order valence-electron chi connectivity index (χ1n) is 9.85. The van der Waals surface area contributed by atoms with Gasteiger partial charge in [0, 0.05) is 45.8 Å². The van der Waals surface area contributed by atoms with E-state index in [1.165, 1.54) is 0 Å². The van der Waals surface area contributed by atoms with E-state index in [-0.39, 0.29) is 41.8 Å². The molecule has 28 heavy (non-hydrogen) atoms. The van der Waals surface area contributed by atoms with Gasteiger partial charge in [-0.05, 0) is 32.6 Å². The number of halogens is 1. The molecule has 3 rings (SSSR count). The molecule has 10 heteroatoms. The van der Waals surface area contributed by atoms with Crippen LogP contribution in [0.2, 0.25) is 0 Å². The summed E-state index contributed by atoms with van der Waals surface area (Å²) in [4.78, 5) is 32.8. The van der Waals surface area contributed by atoms with Crippen LogP contribution in [0.1, 0.15) is 26.7 Å². The third-order valence-electron chi connectivity index (χ3n) is 6.12. The number of guanidine groups is 1. The fraction of sp³-hybridized carbons (Fsp3) is 0.833. The Morgan fingerprint density at radius 1 is 1.29 bits per heavy atom. The van der Waals surface area contributed by atoms with Crippen molar-refractivity contribution >= 4 is 41.9 Å². The monoisotopic (exact) mass is 508 g/mol. The molecule has 0 spiro atoms. The highest BCUT2D eigenvalue weighted by Gasteiger charge is 2.48.